The third-order valence-electron chi connectivity index (χ3n) is 12.3. The Morgan fingerprint density at radius 3 is 1.70 bits per heavy atom. The third-order valence-corrected chi connectivity index (χ3v) is 12.3. The molecule has 2 heterocycles. The van der Waals surface area contributed by atoms with Crippen molar-refractivity contribution in [2.24, 2.45) is 0 Å². The maximum atomic E-state index is 11.0. The summed E-state index contributed by atoms with van der Waals surface area (Å²) < 4.78 is 4.74. The largest absolute Gasteiger partial charge is 0.309 e. The van der Waals surface area contributed by atoms with E-state index >= 15 is 0 Å². The molecule has 4 heteroatoms. The topological polar surface area (TPSA) is 57.4 Å². The lowest BCUT2D eigenvalue weighted by Gasteiger charge is -2.43. The van der Waals surface area contributed by atoms with E-state index < -0.39 is 0 Å². The van der Waals surface area contributed by atoms with Crippen molar-refractivity contribution in [3.8, 4) is 34.6 Å². The molecule has 3 aliphatic rings. The smallest absolute Gasteiger partial charge is 0.101 e. The molecule has 8 aromatic carbocycles. The summed E-state index contributed by atoms with van der Waals surface area (Å²) in [5, 5.41) is 25.7. The average Bonchev–Trinajstić information content (AvgIpc) is 3.76. The highest BCUT2D eigenvalue weighted by atomic mass is 15.0. The molecule has 0 radical (unpaired) electrons. The van der Waals surface area contributed by atoms with Crippen molar-refractivity contribution in [3.63, 3.8) is 0 Å². The zero-order valence-electron chi connectivity index (χ0n) is 30.1. The van der Waals surface area contributed by atoms with E-state index in [4.69, 9.17) is 0 Å². The molecule has 2 unspecified atom stereocenters. The molecule has 0 saturated carbocycles. The number of nitrogens with zero attached hydrogens (tertiary/aromatic N) is 4. The first-order valence-corrected chi connectivity index (χ1v) is 19.0. The summed E-state index contributed by atoms with van der Waals surface area (Å²) in [6.45, 7) is 0. The Balaban J connectivity index is 1.18. The summed E-state index contributed by atoms with van der Waals surface area (Å²) in [5.74, 6) is -0.131. The highest BCUT2D eigenvalue weighted by Crippen LogP contribution is 2.58. The van der Waals surface area contributed by atoms with Gasteiger partial charge in [-0.15, -0.1) is 0 Å². The molecular weight excluding hydrogens is 681 g/mol. The van der Waals surface area contributed by atoms with E-state index in [1.54, 1.807) is 0 Å². The van der Waals surface area contributed by atoms with Gasteiger partial charge in [-0.1, -0.05) is 115 Å². The van der Waals surface area contributed by atoms with Crippen molar-refractivity contribution in [1.82, 2.24) is 9.13 Å². The molecule has 3 aliphatic carbocycles. The summed E-state index contributed by atoms with van der Waals surface area (Å²) >= 11 is 0. The van der Waals surface area contributed by atoms with E-state index in [1.807, 2.05) is 18.2 Å². The molecular formula is C52H30N4. The summed E-state index contributed by atoms with van der Waals surface area (Å²) in [4.78, 5) is 0. The van der Waals surface area contributed by atoms with E-state index in [0.29, 0.717) is 11.1 Å². The first-order chi connectivity index (χ1) is 27.7. The SMILES string of the molecule is N#Cc1ccc2c(c1)C1c3ccccc3C2c2ccc(C#N)c(-n3c4ccccc4c4cc5c6ccccc6n(-c6ccc(-c7ccccc7)cc6)c5cc43)c21. The van der Waals surface area contributed by atoms with Gasteiger partial charge in [0.1, 0.15) is 6.07 Å². The summed E-state index contributed by atoms with van der Waals surface area (Å²) in [7, 11) is 0. The Kier molecular flexibility index (Phi) is 6.28. The lowest BCUT2D eigenvalue weighted by molar-refractivity contribution is 0.747. The van der Waals surface area contributed by atoms with Gasteiger partial charge in [-0.3, -0.25) is 0 Å². The molecule has 0 saturated heterocycles. The summed E-state index contributed by atoms with van der Waals surface area (Å²) in [6, 6.07) is 65.4. The van der Waals surface area contributed by atoms with Crippen LogP contribution in [0.5, 0.6) is 0 Å². The second-order valence-electron chi connectivity index (χ2n) is 15.0. The minimum absolute atomic E-state index is 0.00150. The number of benzene rings is 8. The molecule has 0 spiro atoms. The molecule has 2 aromatic heterocycles. The lowest BCUT2D eigenvalue weighted by atomic mass is 9.60. The van der Waals surface area contributed by atoms with Crippen LogP contribution in [0, 0.1) is 22.7 Å². The minimum atomic E-state index is -0.132. The van der Waals surface area contributed by atoms with E-state index in [1.165, 1.54) is 44.2 Å². The summed E-state index contributed by atoms with van der Waals surface area (Å²) in [5.41, 5.74) is 17.3. The highest BCUT2D eigenvalue weighted by molar-refractivity contribution is 6.19. The van der Waals surface area contributed by atoms with E-state index in [9.17, 15) is 10.5 Å². The zero-order valence-corrected chi connectivity index (χ0v) is 30.1. The maximum Gasteiger partial charge on any atom is 0.101 e. The normalized spacial score (nSPS) is 15.1. The number of fused-ring (bicyclic) bond motifs is 6. The number of hydrogen-bond acceptors (Lipinski definition) is 2. The Hall–Kier alpha value is -7.66. The van der Waals surface area contributed by atoms with Crippen molar-refractivity contribution in [3.05, 3.63) is 214 Å². The van der Waals surface area contributed by atoms with Gasteiger partial charge in [0.05, 0.1) is 45.0 Å². The summed E-state index contributed by atoms with van der Waals surface area (Å²) in [6.07, 6.45) is 0. The molecule has 2 atom stereocenters. The Bertz CT molecular complexity index is 3390. The number of hydrogen-bond donors (Lipinski definition) is 0. The Morgan fingerprint density at radius 1 is 0.393 bits per heavy atom. The molecule has 13 rings (SSSR count). The van der Waals surface area contributed by atoms with Gasteiger partial charge in [-0.25, -0.2) is 0 Å². The van der Waals surface area contributed by atoms with E-state index in [0.717, 1.165) is 55.3 Å². The highest BCUT2D eigenvalue weighted by Gasteiger charge is 2.43. The lowest BCUT2D eigenvalue weighted by Crippen LogP contribution is -2.29. The Labute approximate surface area is 323 Å². The van der Waals surface area contributed by atoms with Crippen LogP contribution < -0.4 is 0 Å². The van der Waals surface area contributed by atoms with Crippen molar-refractivity contribution >= 4 is 43.6 Å². The van der Waals surface area contributed by atoms with Crippen molar-refractivity contribution < 1.29 is 0 Å². The molecule has 0 aliphatic heterocycles. The van der Waals surface area contributed by atoms with Crippen LogP contribution in [-0.2, 0) is 0 Å². The molecule has 2 bridgehead atoms. The van der Waals surface area contributed by atoms with Crippen LogP contribution in [0.3, 0.4) is 0 Å². The van der Waals surface area contributed by atoms with Gasteiger partial charge in [-0.2, -0.15) is 10.5 Å². The quantitative estimate of drug-likeness (QED) is 0.183. The number of para-hydroxylation sites is 2. The van der Waals surface area contributed by atoms with E-state index in [2.05, 4.69) is 173 Å². The average molecular weight is 711 g/mol. The molecule has 258 valence electrons. The van der Waals surface area contributed by atoms with Gasteiger partial charge in [0.15, 0.2) is 0 Å². The van der Waals surface area contributed by atoms with Crippen LogP contribution in [0.25, 0.3) is 66.1 Å². The second kappa shape index (κ2) is 11.4. The predicted molar refractivity (Wildman–Crippen MR) is 225 cm³/mol. The number of aromatic nitrogens is 2. The monoisotopic (exact) mass is 710 g/mol. The molecule has 56 heavy (non-hydrogen) atoms. The van der Waals surface area contributed by atoms with Gasteiger partial charge in [0.2, 0.25) is 0 Å². The van der Waals surface area contributed by atoms with Gasteiger partial charge < -0.3 is 9.13 Å². The fourth-order valence-corrected chi connectivity index (χ4v) is 10.1. The third kappa shape index (κ3) is 4.05. The Morgan fingerprint density at radius 2 is 0.982 bits per heavy atom. The van der Waals surface area contributed by atoms with Crippen LogP contribution in [-0.4, -0.2) is 9.13 Å². The van der Waals surface area contributed by atoms with Crippen molar-refractivity contribution in [2.75, 3.05) is 0 Å². The van der Waals surface area contributed by atoms with Crippen LogP contribution >= 0.6 is 0 Å². The number of rotatable bonds is 3. The molecule has 0 amide bonds. The van der Waals surface area contributed by atoms with Crippen molar-refractivity contribution in [1.29, 1.82) is 10.5 Å². The van der Waals surface area contributed by atoms with Crippen LogP contribution in [0.15, 0.2) is 170 Å². The minimum Gasteiger partial charge on any atom is -0.309 e. The van der Waals surface area contributed by atoms with Gasteiger partial charge in [0, 0.05) is 39.1 Å². The van der Waals surface area contributed by atoms with Crippen molar-refractivity contribution in [2.45, 2.75) is 11.8 Å². The van der Waals surface area contributed by atoms with Crippen LogP contribution in [0.1, 0.15) is 56.3 Å². The van der Waals surface area contributed by atoms with Gasteiger partial charge >= 0.3 is 0 Å². The second-order valence-corrected chi connectivity index (χ2v) is 15.0. The van der Waals surface area contributed by atoms with Gasteiger partial charge in [-0.05, 0) is 99.1 Å². The maximum absolute atomic E-state index is 11.0. The predicted octanol–water partition coefficient (Wildman–Crippen LogP) is 12.3. The van der Waals surface area contributed by atoms with Gasteiger partial charge in [0.25, 0.3) is 0 Å². The molecule has 0 fully saturated rings. The molecule has 4 nitrogen and oxygen atoms in total. The standard InChI is InChI=1S/C52H30N4/c53-29-31-18-24-40-44(26-31)50-39-15-5-4-14-38(39)49(40)41-25-21-34(30-54)52(51(41)50)56-46-17-9-7-13-37(46)43-27-42-36-12-6-8-16-45(36)55(47(42)28-48(43)56)35-22-19-33(20-23-35)32-10-2-1-3-11-32/h1-28,49-50H. The fraction of sp³-hybridized carbons (Fsp3) is 0.0385. The fourth-order valence-electron chi connectivity index (χ4n) is 10.1. The van der Waals surface area contributed by atoms with Crippen LogP contribution in [0.4, 0.5) is 0 Å². The first kappa shape index (κ1) is 30.8. The van der Waals surface area contributed by atoms with Crippen LogP contribution in [0.2, 0.25) is 0 Å². The molecule has 0 N–H and O–H groups in total. The van der Waals surface area contributed by atoms with E-state index in [-0.39, 0.29) is 11.8 Å². The zero-order chi connectivity index (χ0) is 37.1. The molecule has 10 aromatic rings. The number of nitriles is 2. The first-order valence-electron chi connectivity index (χ1n) is 19.0.